The Morgan fingerprint density at radius 2 is 1.48 bits per heavy atom. The van der Waals surface area contributed by atoms with Crippen molar-refractivity contribution in [3.63, 3.8) is 0 Å². The van der Waals surface area contributed by atoms with Crippen molar-refractivity contribution in [2.45, 2.75) is 52.1 Å². The van der Waals surface area contributed by atoms with E-state index in [1.54, 1.807) is 20.8 Å². The van der Waals surface area contributed by atoms with Crippen molar-refractivity contribution in [1.29, 1.82) is 0 Å². The summed E-state index contributed by atoms with van der Waals surface area (Å²) in [5.74, 6) is -2.37. The first-order valence-corrected chi connectivity index (χ1v) is 11.4. The third-order valence-electron chi connectivity index (χ3n) is 6.63. The van der Waals surface area contributed by atoms with Crippen LogP contribution in [0.2, 0.25) is 0 Å². The zero-order valence-electron chi connectivity index (χ0n) is 19.5. The summed E-state index contributed by atoms with van der Waals surface area (Å²) in [6.45, 7) is 7.19. The normalized spacial score (nSPS) is 16.0. The highest BCUT2D eigenvalue weighted by Gasteiger charge is 2.31. The second-order valence-corrected chi connectivity index (χ2v) is 8.76. The monoisotopic (exact) mass is 452 g/mol. The fraction of sp³-hybridized carbons (Fsp3) is 0.423. The highest BCUT2D eigenvalue weighted by atomic mass is 16.5. The molecule has 0 bridgehead atoms. The minimum absolute atomic E-state index is 0.0500. The van der Waals surface area contributed by atoms with Crippen molar-refractivity contribution < 1.29 is 24.2 Å². The fourth-order valence-electron chi connectivity index (χ4n) is 4.15. The lowest BCUT2D eigenvalue weighted by molar-refractivity contribution is -0.144. The van der Waals surface area contributed by atoms with Crippen LogP contribution in [0.15, 0.2) is 48.5 Å². The van der Waals surface area contributed by atoms with E-state index in [4.69, 9.17) is 4.74 Å². The van der Waals surface area contributed by atoms with Crippen molar-refractivity contribution in [3.05, 3.63) is 59.7 Å². The molecule has 7 heteroatoms. The van der Waals surface area contributed by atoms with Gasteiger partial charge in [-0.05, 0) is 35.1 Å². The molecule has 2 aromatic carbocycles. The highest BCUT2D eigenvalue weighted by Crippen LogP contribution is 2.44. The summed E-state index contributed by atoms with van der Waals surface area (Å²) in [5.41, 5.74) is 4.54. The molecule has 176 valence electrons. The molecule has 7 nitrogen and oxygen atoms in total. The number of nitrogens with one attached hydrogen (secondary N) is 2. The first-order chi connectivity index (χ1) is 15.7. The van der Waals surface area contributed by atoms with Crippen molar-refractivity contribution in [2.24, 2.45) is 11.8 Å². The summed E-state index contributed by atoms with van der Waals surface area (Å²) in [4.78, 5) is 36.6. The Kier molecular flexibility index (Phi) is 7.74. The van der Waals surface area contributed by atoms with E-state index in [1.165, 1.54) is 0 Å². The molecule has 3 rings (SSSR count). The molecule has 0 heterocycles. The molecule has 4 atom stereocenters. The molecule has 0 aliphatic heterocycles. The molecule has 3 N–H and O–H groups in total. The van der Waals surface area contributed by atoms with Crippen LogP contribution < -0.4 is 10.6 Å². The van der Waals surface area contributed by atoms with Gasteiger partial charge in [0.25, 0.3) is 0 Å². The third kappa shape index (κ3) is 5.35. The van der Waals surface area contributed by atoms with Crippen LogP contribution in [-0.2, 0) is 14.3 Å². The van der Waals surface area contributed by atoms with Gasteiger partial charge in [0.1, 0.15) is 12.6 Å². The van der Waals surface area contributed by atoms with Gasteiger partial charge in [-0.15, -0.1) is 0 Å². The average molecular weight is 453 g/mol. The van der Waals surface area contributed by atoms with Crippen molar-refractivity contribution in [1.82, 2.24) is 10.6 Å². The molecule has 3 unspecified atom stereocenters. The van der Waals surface area contributed by atoms with Gasteiger partial charge in [0.05, 0.1) is 5.92 Å². The number of aliphatic carboxylic acids is 1. The molecule has 0 spiro atoms. The Balaban J connectivity index is 1.58. The summed E-state index contributed by atoms with van der Waals surface area (Å²) in [7, 11) is 0. The van der Waals surface area contributed by atoms with E-state index in [-0.39, 0.29) is 18.4 Å². The van der Waals surface area contributed by atoms with E-state index < -0.39 is 36.0 Å². The number of hydrogen-bond donors (Lipinski definition) is 3. The summed E-state index contributed by atoms with van der Waals surface area (Å²) in [6, 6.07) is 14.7. The van der Waals surface area contributed by atoms with Crippen LogP contribution in [0.5, 0.6) is 0 Å². The SMILES string of the molecule is CCC(C)[C@H](NC(=O)C(C)C(C)NC(=O)OCC1c2ccccc2-c2ccccc21)C(=O)O. The predicted molar refractivity (Wildman–Crippen MR) is 126 cm³/mol. The molecule has 33 heavy (non-hydrogen) atoms. The van der Waals surface area contributed by atoms with E-state index in [0.717, 1.165) is 22.3 Å². The minimum Gasteiger partial charge on any atom is -0.480 e. The van der Waals surface area contributed by atoms with Crippen LogP contribution in [0.25, 0.3) is 11.1 Å². The number of alkyl carbamates (subject to hydrolysis) is 1. The van der Waals surface area contributed by atoms with Gasteiger partial charge in [0, 0.05) is 12.0 Å². The van der Waals surface area contributed by atoms with E-state index in [2.05, 4.69) is 22.8 Å². The van der Waals surface area contributed by atoms with Gasteiger partial charge in [0.15, 0.2) is 0 Å². The third-order valence-corrected chi connectivity index (χ3v) is 6.63. The van der Waals surface area contributed by atoms with E-state index in [1.807, 2.05) is 43.3 Å². The van der Waals surface area contributed by atoms with Gasteiger partial charge in [0.2, 0.25) is 5.91 Å². The highest BCUT2D eigenvalue weighted by molar-refractivity contribution is 5.85. The summed E-state index contributed by atoms with van der Waals surface area (Å²) >= 11 is 0. The number of fused-ring (bicyclic) bond motifs is 3. The van der Waals surface area contributed by atoms with Crippen LogP contribution in [-0.4, -0.2) is 41.8 Å². The summed E-state index contributed by atoms with van der Waals surface area (Å²) in [5, 5.41) is 14.7. The molecule has 0 saturated carbocycles. The van der Waals surface area contributed by atoms with Gasteiger partial charge in [-0.1, -0.05) is 75.7 Å². The maximum atomic E-state index is 12.6. The standard InChI is InChI=1S/C26H32N2O5/c1-5-15(2)23(25(30)31)28-24(29)16(3)17(4)27-26(32)33-14-22-20-12-8-6-10-18(20)19-11-7-9-13-21(19)22/h6-13,15-17,22-23H,5,14H2,1-4H3,(H,27,32)(H,28,29)(H,30,31)/t15?,16?,17?,23-/m0/s1. The lowest BCUT2D eigenvalue weighted by atomic mass is 9.97. The number of hydrogen-bond acceptors (Lipinski definition) is 4. The van der Waals surface area contributed by atoms with E-state index in [0.29, 0.717) is 6.42 Å². The Hall–Kier alpha value is -3.35. The number of carbonyl (C=O) groups is 3. The lowest BCUT2D eigenvalue weighted by Gasteiger charge is -2.25. The van der Waals surface area contributed by atoms with Crippen LogP contribution in [0.4, 0.5) is 4.79 Å². The van der Waals surface area contributed by atoms with Crippen LogP contribution in [0.1, 0.15) is 51.2 Å². The predicted octanol–water partition coefficient (Wildman–Crippen LogP) is 4.17. The largest absolute Gasteiger partial charge is 0.480 e. The quantitative estimate of drug-likeness (QED) is 0.530. The van der Waals surface area contributed by atoms with E-state index >= 15 is 0 Å². The maximum absolute atomic E-state index is 12.6. The Bertz CT molecular complexity index is 976. The smallest absolute Gasteiger partial charge is 0.407 e. The zero-order chi connectivity index (χ0) is 24.1. The molecule has 0 fully saturated rings. The Labute approximate surface area is 194 Å². The van der Waals surface area contributed by atoms with Gasteiger partial charge in [-0.2, -0.15) is 0 Å². The maximum Gasteiger partial charge on any atom is 0.407 e. The number of ether oxygens (including phenoxy) is 1. The van der Waals surface area contributed by atoms with Crippen molar-refractivity contribution in [3.8, 4) is 11.1 Å². The summed E-state index contributed by atoms with van der Waals surface area (Å²) < 4.78 is 5.54. The number of carbonyl (C=O) groups excluding carboxylic acids is 2. The molecular weight excluding hydrogens is 420 g/mol. The second kappa shape index (κ2) is 10.5. The molecular formula is C26H32N2O5. The zero-order valence-corrected chi connectivity index (χ0v) is 19.5. The van der Waals surface area contributed by atoms with Gasteiger partial charge in [-0.25, -0.2) is 9.59 Å². The first kappa shape index (κ1) is 24.3. The second-order valence-electron chi connectivity index (χ2n) is 8.76. The lowest BCUT2D eigenvalue weighted by Crippen LogP contribution is -2.50. The van der Waals surface area contributed by atoms with Gasteiger partial charge >= 0.3 is 12.1 Å². The molecule has 1 aliphatic rings. The van der Waals surface area contributed by atoms with Crippen LogP contribution in [0.3, 0.4) is 0 Å². The number of benzene rings is 2. The minimum atomic E-state index is -1.07. The van der Waals surface area contributed by atoms with Crippen molar-refractivity contribution >= 4 is 18.0 Å². The van der Waals surface area contributed by atoms with E-state index in [9.17, 15) is 19.5 Å². The number of carboxylic acid groups (broad SMARTS) is 1. The van der Waals surface area contributed by atoms with Crippen molar-refractivity contribution in [2.75, 3.05) is 6.61 Å². The van der Waals surface area contributed by atoms with Crippen LogP contribution >= 0.6 is 0 Å². The number of amides is 2. The first-order valence-electron chi connectivity index (χ1n) is 11.4. The molecule has 0 radical (unpaired) electrons. The van der Waals surface area contributed by atoms with Crippen LogP contribution in [0, 0.1) is 11.8 Å². The molecule has 2 aromatic rings. The van der Waals surface area contributed by atoms with Gasteiger partial charge in [-0.3, -0.25) is 4.79 Å². The Morgan fingerprint density at radius 1 is 0.939 bits per heavy atom. The number of rotatable bonds is 9. The fourth-order valence-corrected chi connectivity index (χ4v) is 4.15. The molecule has 2 amide bonds. The molecule has 0 aromatic heterocycles. The molecule has 0 saturated heterocycles. The number of carboxylic acids is 1. The topological polar surface area (TPSA) is 105 Å². The summed E-state index contributed by atoms with van der Waals surface area (Å²) in [6.07, 6.45) is 0.0137. The molecule has 1 aliphatic carbocycles. The van der Waals surface area contributed by atoms with Gasteiger partial charge < -0.3 is 20.5 Å². The average Bonchev–Trinajstić information content (AvgIpc) is 3.13. The Morgan fingerprint density at radius 3 is 2.00 bits per heavy atom.